The van der Waals surface area contributed by atoms with Crippen molar-refractivity contribution in [3.05, 3.63) is 35.6 Å². The normalized spacial score (nSPS) is 25.2. The van der Waals surface area contributed by atoms with Crippen LogP contribution in [0.2, 0.25) is 0 Å². The second-order valence-electron chi connectivity index (χ2n) is 4.96. The molecule has 0 saturated heterocycles. The van der Waals surface area contributed by atoms with E-state index in [1.165, 1.54) is 18.6 Å². The number of halogens is 1. The minimum absolute atomic E-state index is 0.200. The highest BCUT2D eigenvalue weighted by Crippen LogP contribution is 2.23. The lowest BCUT2D eigenvalue weighted by atomic mass is 9.91. The zero-order chi connectivity index (χ0) is 12.3. The Bertz CT molecular complexity index is 352. The van der Waals surface area contributed by atoms with E-state index < -0.39 is 0 Å². The van der Waals surface area contributed by atoms with Gasteiger partial charge >= 0.3 is 0 Å². The number of hydrogen-bond acceptors (Lipinski definition) is 2. The second kappa shape index (κ2) is 5.61. The molecule has 1 saturated carbocycles. The Hall–Kier alpha value is -0.930. The zero-order valence-corrected chi connectivity index (χ0v) is 10.3. The predicted octanol–water partition coefficient (Wildman–Crippen LogP) is 2.56. The number of nitrogens with zero attached hydrogens (tertiary/aromatic N) is 1. The monoisotopic (exact) mass is 237 g/mol. The van der Waals surface area contributed by atoms with Gasteiger partial charge in [-0.3, -0.25) is 4.90 Å². The van der Waals surface area contributed by atoms with Crippen molar-refractivity contribution < 1.29 is 9.50 Å². The summed E-state index contributed by atoms with van der Waals surface area (Å²) < 4.78 is 12.8. The molecule has 0 aliphatic heterocycles. The maximum atomic E-state index is 12.8. The van der Waals surface area contributed by atoms with Gasteiger partial charge in [-0.15, -0.1) is 0 Å². The number of rotatable bonds is 3. The number of likely N-dealkylation sites (N-methyl/N-ethyl adjacent to an activating group) is 1. The summed E-state index contributed by atoms with van der Waals surface area (Å²) in [5, 5.41) is 9.96. The lowest BCUT2D eigenvalue weighted by molar-refractivity contribution is 0.0288. The molecule has 1 aromatic rings. The fourth-order valence-electron chi connectivity index (χ4n) is 2.60. The zero-order valence-electron chi connectivity index (χ0n) is 10.3. The van der Waals surface area contributed by atoms with Crippen molar-refractivity contribution in [2.45, 2.75) is 44.4 Å². The fraction of sp³-hybridized carbons (Fsp3) is 0.571. The summed E-state index contributed by atoms with van der Waals surface area (Å²) >= 11 is 0. The van der Waals surface area contributed by atoms with Crippen LogP contribution in [0.4, 0.5) is 4.39 Å². The molecular formula is C14H20FNO. The standard InChI is InChI=1S/C14H20FNO/c1-16(13-4-2-3-5-14(13)17)10-11-6-8-12(15)9-7-11/h6-9,13-14,17H,2-5,10H2,1H3. The van der Waals surface area contributed by atoms with Gasteiger partial charge in [0.25, 0.3) is 0 Å². The number of hydrogen-bond donors (Lipinski definition) is 1. The molecule has 94 valence electrons. The van der Waals surface area contributed by atoms with Crippen LogP contribution >= 0.6 is 0 Å². The fourth-order valence-corrected chi connectivity index (χ4v) is 2.60. The largest absolute Gasteiger partial charge is 0.391 e. The van der Waals surface area contributed by atoms with Crippen LogP contribution in [0.5, 0.6) is 0 Å². The Morgan fingerprint density at radius 3 is 2.53 bits per heavy atom. The van der Waals surface area contributed by atoms with E-state index in [-0.39, 0.29) is 18.0 Å². The molecule has 0 heterocycles. The summed E-state index contributed by atoms with van der Waals surface area (Å²) in [6.45, 7) is 0.766. The van der Waals surface area contributed by atoms with Crippen LogP contribution in [0.3, 0.4) is 0 Å². The molecule has 2 nitrogen and oxygen atoms in total. The van der Waals surface area contributed by atoms with Crippen LogP contribution in [0.1, 0.15) is 31.2 Å². The van der Waals surface area contributed by atoms with Crippen molar-refractivity contribution in [1.29, 1.82) is 0 Å². The molecule has 17 heavy (non-hydrogen) atoms. The second-order valence-corrected chi connectivity index (χ2v) is 4.96. The average molecular weight is 237 g/mol. The average Bonchev–Trinajstić information content (AvgIpc) is 2.32. The van der Waals surface area contributed by atoms with Gasteiger partial charge in [0, 0.05) is 12.6 Å². The third kappa shape index (κ3) is 3.27. The van der Waals surface area contributed by atoms with Crippen molar-refractivity contribution in [1.82, 2.24) is 4.90 Å². The molecule has 2 unspecified atom stereocenters. The summed E-state index contributed by atoms with van der Waals surface area (Å²) in [6, 6.07) is 6.83. The number of aliphatic hydroxyl groups excluding tert-OH is 1. The Labute approximate surface area is 102 Å². The highest BCUT2D eigenvalue weighted by Gasteiger charge is 2.26. The van der Waals surface area contributed by atoms with Crippen molar-refractivity contribution in [3.8, 4) is 0 Å². The first-order valence-corrected chi connectivity index (χ1v) is 6.29. The van der Waals surface area contributed by atoms with Crippen molar-refractivity contribution in [2.75, 3.05) is 7.05 Å². The smallest absolute Gasteiger partial charge is 0.123 e. The van der Waals surface area contributed by atoms with E-state index in [0.29, 0.717) is 0 Å². The predicted molar refractivity (Wildman–Crippen MR) is 66.1 cm³/mol. The molecule has 1 aliphatic rings. The summed E-state index contributed by atoms with van der Waals surface area (Å²) in [6.07, 6.45) is 4.06. The molecule has 1 N–H and O–H groups in total. The quantitative estimate of drug-likeness (QED) is 0.873. The van der Waals surface area contributed by atoms with Crippen molar-refractivity contribution in [3.63, 3.8) is 0 Å². The first-order valence-electron chi connectivity index (χ1n) is 6.29. The number of aliphatic hydroxyl groups is 1. The van der Waals surface area contributed by atoms with Crippen molar-refractivity contribution in [2.24, 2.45) is 0 Å². The summed E-state index contributed by atoms with van der Waals surface area (Å²) in [5.41, 5.74) is 1.09. The van der Waals surface area contributed by atoms with E-state index in [0.717, 1.165) is 31.4 Å². The Kier molecular flexibility index (Phi) is 4.13. The molecule has 0 bridgehead atoms. The minimum Gasteiger partial charge on any atom is -0.391 e. The topological polar surface area (TPSA) is 23.5 Å². The van der Waals surface area contributed by atoms with E-state index in [2.05, 4.69) is 4.90 Å². The van der Waals surface area contributed by atoms with Gasteiger partial charge < -0.3 is 5.11 Å². The summed E-state index contributed by atoms with van der Waals surface area (Å²) in [5.74, 6) is -0.200. The van der Waals surface area contributed by atoms with Gasteiger partial charge in [0.15, 0.2) is 0 Å². The minimum atomic E-state index is -0.214. The molecule has 2 rings (SSSR count). The molecular weight excluding hydrogens is 217 g/mol. The maximum absolute atomic E-state index is 12.8. The van der Waals surface area contributed by atoms with Gasteiger partial charge in [0.1, 0.15) is 5.82 Å². The van der Waals surface area contributed by atoms with Crippen LogP contribution in [0.25, 0.3) is 0 Å². The number of benzene rings is 1. The Morgan fingerprint density at radius 2 is 1.88 bits per heavy atom. The summed E-state index contributed by atoms with van der Waals surface area (Å²) in [4.78, 5) is 2.18. The van der Waals surface area contributed by atoms with Gasteiger partial charge in [0.2, 0.25) is 0 Å². The molecule has 1 fully saturated rings. The van der Waals surface area contributed by atoms with Crippen LogP contribution in [-0.2, 0) is 6.54 Å². The van der Waals surface area contributed by atoms with Gasteiger partial charge in [-0.1, -0.05) is 25.0 Å². The molecule has 1 aromatic carbocycles. The van der Waals surface area contributed by atoms with Crippen LogP contribution in [-0.4, -0.2) is 29.2 Å². The van der Waals surface area contributed by atoms with Gasteiger partial charge in [0.05, 0.1) is 6.10 Å². The maximum Gasteiger partial charge on any atom is 0.123 e. The lowest BCUT2D eigenvalue weighted by Crippen LogP contribution is -2.42. The van der Waals surface area contributed by atoms with Crippen LogP contribution in [0, 0.1) is 5.82 Å². The molecule has 2 atom stereocenters. The van der Waals surface area contributed by atoms with E-state index in [4.69, 9.17) is 0 Å². The van der Waals surface area contributed by atoms with Crippen LogP contribution in [0.15, 0.2) is 24.3 Å². The summed E-state index contributed by atoms with van der Waals surface area (Å²) in [7, 11) is 2.03. The highest BCUT2D eigenvalue weighted by molar-refractivity contribution is 5.16. The van der Waals surface area contributed by atoms with Gasteiger partial charge in [-0.05, 0) is 37.6 Å². The Morgan fingerprint density at radius 1 is 1.24 bits per heavy atom. The Balaban J connectivity index is 1.95. The van der Waals surface area contributed by atoms with Crippen LogP contribution < -0.4 is 0 Å². The van der Waals surface area contributed by atoms with Gasteiger partial charge in [-0.2, -0.15) is 0 Å². The van der Waals surface area contributed by atoms with E-state index in [1.54, 1.807) is 12.1 Å². The lowest BCUT2D eigenvalue weighted by Gasteiger charge is -2.35. The molecule has 0 spiro atoms. The van der Waals surface area contributed by atoms with Gasteiger partial charge in [-0.25, -0.2) is 4.39 Å². The van der Waals surface area contributed by atoms with E-state index in [1.807, 2.05) is 7.05 Å². The molecule has 0 radical (unpaired) electrons. The first-order chi connectivity index (χ1) is 8.16. The van der Waals surface area contributed by atoms with Crippen molar-refractivity contribution >= 4 is 0 Å². The highest BCUT2D eigenvalue weighted by atomic mass is 19.1. The third-order valence-electron chi connectivity index (χ3n) is 3.61. The SMILES string of the molecule is CN(Cc1ccc(F)cc1)C1CCCCC1O. The first kappa shape index (κ1) is 12.5. The molecule has 3 heteroatoms. The molecule has 0 amide bonds. The van der Waals surface area contributed by atoms with E-state index in [9.17, 15) is 9.50 Å². The van der Waals surface area contributed by atoms with E-state index >= 15 is 0 Å². The third-order valence-corrected chi connectivity index (χ3v) is 3.61. The molecule has 1 aliphatic carbocycles. The molecule has 0 aromatic heterocycles.